The van der Waals surface area contributed by atoms with E-state index in [0.717, 1.165) is 19.4 Å². The summed E-state index contributed by atoms with van der Waals surface area (Å²) in [5.74, 6) is -0.475. The van der Waals surface area contributed by atoms with Crippen LogP contribution in [0.1, 0.15) is 19.8 Å². The van der Waals surface area contributed by atoms with Crippen LogP contribution < -0.4 is 5.32 Å². The Morgan fingerprint density at radius 2 is 2.13 bits per heavy atom. The molecule has 5 nitrogen and oxygen atoms in total. The van der Waals surface area contributed by atoms with Crippen LogP contribution in [-0.4, -0.2) is 43.0 Å². The van der Waals surface area contributed by atoms with E-state index in [-0.39, 0.29) is 24.3 Å². The monoisotopic (exact) mass is 358 g/mol. The average Bonchev–Trinajstić information content (AvgIpc) is 2.51. The Labute approximate surface area is 145 Å². The number of carbonyl (C=O) groups is 2. The number of amides is 1. The fourth-order valence-corrected chi connectivity index (χ4v) is 2.93. The van der Waals surface area contributed by atoms with Crippen molar-refractivity contribution in [1.29, 1.82) is 0 Å². The first-order valence-electron chi connectivity index (χ1n) is 7.63. The molecule has 1 amide bonds. The average molecular weight is 359 g/mol. The van der Waals surface area contributed by atoms with Crippen molar-refractivity contribution in [2.24, 2.45) is 5.92 Å². The van der Waals surface area contributed by atoms with Gasteiger partial charge < -0.3 is 10.1 Å². The van der Waals surface area contributed by atoms with Crippen LogP contribution in [0.3, 0.4) is 0 Å². The third-order valence-electron chi connectivity index (χ3n) is 3.70. The number of anilines is 1. The molecule has 1 aromatic rings. The molecule has 1 saturated heterocycles. The van der Waals surface area contributed by atoms with Crippen LogP contribution in [-0.2, 0) is 14.3 Å². The molecule has 0 aliphatic carbocycles. The lowest BCUT2D eigenvalue weighted by atomic mass is 9.98. The number of hydrogen-bond acceptors (Lipinski definition) is 4. The molecule has 0 radical (unpaired) electrons. The standard InChI is InChI=1S/C16H20Cl2N2O3/c1-2-23-16(22)11-4-3-7-20(9-11)10-15(21)19-12-5-6-13(17)14(18)8-12/h5-6,8,11H,2-4,7,9-10H2,1H3,(H,19,21). The molecule has 2 rings (SSSR count). The zero-order chi connectivity index (χ0) is 16.8. The van der Waals surface area contributed by atoms with E-state index >= 15 is 0 Å². The zero-order valence-corrected chi connectivity index (χ0v) is 14.5. The summed E-state index contributed by atoms with van der Waals surface area (Å²) >= 11 is 11.8. The highest BCUT2D eigenvalue weighted by atomic mass is 35.5. The first-order valence-corrected chi connectivity index (χ1v) is 8.39. The van der Waals surface area contributed by atoms with Gasteiger partial charge >= 0.3 is 5.97 Å². The number of likely N-dealkylation sites (tertiary alicyclic amines) is 1. The molecule has 1 unspecified atom stereocenters. The quantitative estimate of drug-likeness (QED) is 0.821. The van der Waals surface area contributed by atoms with E-state index in [1.807, 2.05) is 4.90 Å². The van der Waals surface area contributed by atoms with Gasteiger partial charge in [-0.3, -0.25) is 14.5 Å². The summed E-state index contributed by atoms with van der Waals surface area (Å²) in [4.78, 5) is 25.9. The maximum Gasteiger partial charge on any atom is 0.310 e. The van der Waals surface area contributed by atoms with Crippen molar-refractivity contribution in [3.05, 3.63) is 28.2 Å². The first kappa shape index (κ1) is 18.0. The van der Waals surface area contributed by atoms with E-state index in [1.54, 1.807) is 25.1 Å². The Balaban J connectivity index is 1.86. The number of rotatable bonds is 5. The SMILES string of the molecule is CCOC(=O)C1CCCN(CC(=O)Nc2ccc(Cl)c(Cl)c2)C1. The molecule has 23 heavy (non-hydrogen) atoms. The van der Waals surface area contributed by atoms with Crippen molar-refractivity contribution >= 4 is 40.8 Å². The lowest BCUT2D eigenvalue weighted by Gasteiger charge is -2.30. The molecule has 1 aromatic carbocycles. The maximum absolute atomic E-state index is 12.1. The van der Waals surface area contributed by atoms with Crippen molar-refractivity contribution in [3.8, 4) is 0 Å². The number of nitrogens with one attached hydrogen (secondary N) is 1. The van der Waals surface area contributed by atoms with Gasteiger partial charge in [0.1, 0.15) is 0 Å². The Morgan fingerprint density at radius 1 is 1.35 bits per heavy atom. The minimum Gasteiger partial charge on any atom is -0.466 e. The van der Waals surface area contributed by atoms with Gasteiger partial charge in [-0.1, -0.05) is 23.2 Å². The molecule has 0 bridgehead atoms. The molecule has 1 aliphatic heterocycles. The first-order chi connectivity index (χ1) is 11.0. The van der Waals surface area contributed by atoms with Gasteiger partial charge in [0.25, 0.3) is 0 Å². The molecular formula is C16H20Cl2N2O3. The highest BCUT2D eigenvalue weighted by Crippen LogP contribution is 2.25. The second-order valence-corrected chi connectivity index (χ2v) is 6.32. The number of esters is 1. The molecular weight excluding hydrogens is 339 g/mol. The van der Waals surface area contributed by atoms with E-state index in [9.17, 15) is 9.59 Å². The lowest BCUT2D eigenvalue weighted by Crippen LogP contribution is -2.43. The van der Waals surface area contributed by atoms with Crippen molar-refractivity contribution in [2.75, 3.05) is 31.6 Å². The van der Waals surface area contributed by atoms with Crippen LogP contribution in [0.4, 0.5) is 5.69 Å². The molecule has 7 heteroatoms. The summed E-state index contributed by atoms with van der Waals surface area (Å²) in [6.45, 7) is 3.75. The van der Waals surface area contributed by atoms with E-state index < -0.39 is 0 Å². The van der Waals surface area contributed by atoms with Gasteiger partial charge in [-0.15, -0.1) is 0 Å². The van der Waals surface area contributed by atoms with Gasteiger partial charge in [-0.2, -0.15) is 0 Å². The molecule has 0 saturated carbocycles. The number of benzene rings is 1. The largest absolute Gasteiger partial charge is 0.466 e. The number of hydrogen-bond donors (Lipinski definition) is 1. The van der Waals surface area contributed by atoms with E-state index in [0.29, 0.717) is 28.9 Å². The Hall–Kier alpha value is -1.30. The fourth-order valence-electron chi connectivity index (χ4n) is 2.63. The van der Waals surface area contributed by atoms with Crippen molar-refractivity contribution in [3.63, 3.8) is 0 Å². The number of nitrogens with zero attached hydrogens (tertiary/aromatic N) is 1. The van der Waals surface area contributed by atoms with Crippen molar-refractivity contribution in [1.82, 2.24) is 4.90 Å². The minimum atomic E-state index is -0.179. The van der Waals surface area contributed by atoms with Crippen LogP contribution in [0.2, 0.25) is 10.0 Å². The summed E-state index contributed by atoms with van der Waals surface area (Å²) in [5, 5.41) is 3.62. The second-order valence-electron chi connectivity index (χ2n) is 5.50. The molecule has 1 heterocycles. The predicted octanol–water partition coefficient (Wildman–Crippen LogP) is 3.21. The molecule has 126 valence electrons. The van der Waals surface area contributed by atoms with E-state index in [4.69, 9.17) is 27.9 Å². The summed E-state index contributed by atoms with van der Waals surface area (Å²) in [7, 11) is 0. The summed E-state index contributed by atoms with van der Waals surface area (Å²) in [6, 6.07) is 4.94. The predicted molar refractivity (Wildman–Crippen MR) is 90.9 cm³/mol. The molecule has 1 fully saturated rings. The maximum atomic E-state index is 12.1. The smallest absolute Gasteiger partial charge is 0.310 e. The number of carbonyl (C=O) groups excluding carboxylic acids is 2. The van der Waals surface area contributed by atoms with Gasteiger partial charge in [0, 0.05) is 12.2 Å². The summed E-state index contributed by atoms with van der Waals surface area (Å²) < 4.78 is 5.06. The third kappa shape index (κ3) is 5.37. The highest BCUT2D eigenvalue weighted by Gasteiger charge is 2.27. The zero-order valence-electron chi connectivity index (χ0n) is 13.0. The third-order valence-corrected chi connectivity index (χ3v) is 4.44. The minimum absolute atomic E-state index is 0.145. The highest BCUT2D eigenvalue weighted by molar-refractivity contribution is 6.42. The number of halogens is 2. The van der Waals surface area contributed by atoms with Crippen LogP contribution >= 0.6 is 23.2 Å². The lowest BCUT2D eigenvalue weighted by molar-refractivity contribution is -0.150. The number of piperidine rings is 1. The van der Waals surface area contributed by atoms with Crippen LogP contribution in [0.5, 0.6) is 0 Å². The second kappa shape index (κ2) is 8.52. The topological polar surface area (TPSA) is 58.6 Å². The number of ether oxygens (including phenoxy) is 1. The Kier molecular flexibility index (Phi) is 6.69. The van der Waals surface area contributed by atoms with Crippen molar-refractivity contribution in [2.45, 2.75) is 19.8 Å². The van der Waals surface area contributed by atoms with Gasteiger partial charge in [0.15, 0.2) is 0 Å². The molecule has 0 spiro atoms. The van der Waals surface area contributed by atoms with Gasteiger partial charge in [0.2, 0.25) is 5.91 Å². The molecule has 1 atom stereocenters. The molecule has 1 N–H and O–H groups in total. The normalized spacial score (nSPS) is 18.5. The van der Waals surface area contributed by atoms with E-state index in [2.05, 4.69) is 5.32 Å². The van der Waals surface area contributed by atoms with E-state index in [1.165, 1.54) is 0 Å². The van der Waals surface area contributed by atoms with Gasteiger partial charge in [-0.05, 0) is 44.5 Å². The van der Waals surface area contributed by atoms with Crippen LogP contribution in [0, 0.1) is 5.92 Å². The van der Waals surface area contributed by atoms with Crippen molar-refractivity contribution < 1.29 is 14.3 Å². The summed E-state index contributed by atoms with van der Waals surface area (Å²) in [6.07, 6.45) is 1.69. The van der Waals surface area contributed by atoms with Crippen LogP contribution in [0.25, 0.3) is 0 Å². The van der Waals surface area contributed by atoms with Gasteiger partial charge in [-0.25, -0.2) is 0 Å². The molecule has 0 aromatic heterocycles. The fraction of sp³-hybridized carbons (Fsp3) is 0.500. The molecule has 1 aliphatic rings. The van der Waals surface area contributed by atoms with Gasteiger partial charge in [0.05, 0.1) is 29.1 Å². The Bertz CT molecular complexity index is 580. The summed E-state index contributed by atoms with van der Waals surface area (Å²) in [5.41, 5.74) is 0.600. The van der Waals surface area contributed by atoms with Crippen LogP contribution in [0.15, 0.2) is 18.2 Å². The Morgan fingerprint density at radius 3 is 2.83 bits per heavy atom.